The number of nitrogens with one attached hydrogen (secondary N) is 1. The van der Waals surface area contributed by atoms with Crippen LogP contribution in [0, 0.1) is 0 Å². The Morgan fingerprint density at radius 1 is 1.22 bits per heavy atom. The van der Waals surface area contributed by atoms with Crippen LogP contribution in [-0.2, 0) is 4.79 Å². The Morgan fingerprint density at radius 3 is 2.43 bits per heavy atom. The molecule has 0 saturated heterocycles. The van der Waals surface area contributed by atoms with Crippen molar-refractivity contribution < 1.29 is 14.3 Å². The average molecular weight is 343 g/mol. The molecule has 1 saturated carbocycles. The number of methoxy groups -OCH3 is 2. The second-order valence-corrected chi connectivity index (χ2v) is 6.02. The first-order valence-electron chi connectivity index (χ1n) is 7.82. The van der Waals surface area contributed by atoms with Crippen molar-refractivity contribution in [2.24, 2.45) is 5.73 Å². The highest BCUT2D eigenvalue weighted by molar-refractivity contribution is 5.86. The zero-order valence-corrected chi connectivity index (χ0v) is 14.9. The smallest absolute Gasteiger partial charge is 0.240 e. The van der Waals surface area contributed by atoms with E-state index in [1.807, 2.05) is 25.1 Å². The van der Waals surface area contributed by atoms with E-state index in [1.165, 1.54) is 0 Å². The van der Waals surface area contributed by atoms with E-state index in [0.717, 1.165) is 49.2 Å². The zero-order chi connectivity index (χ0) is 16.2. The normalized spacial score (nSPS) is 17.6. The summed E-state index contributed by atoms with van der Waals surface area (Å²) in [5, 5.41) is 3.03. The molecule has 1 aromatic carbocycles. The second-order valence-electron chi connectivity index (χ2n) is 6.02. The number of amides is 1. The standard InChI is InChI=1S/C17H26N2O3.ClH/c1-12(14-11-13(21-2)7-8-15(14)22-3)19-16(20)17(18)9-5-4-6-10-17;/h7-8,11-12H,4-6,9-10,18H2,1-3H3,(H,19,20);1H. The third-order valence-electron chi connectivity index (χ3n) is 4.45. The molecule has 3 N–H and O–H groups in total. The third-order valence-corrected chi connectivity index (χ3v) is 4.45. The van der Waals surface area contributed by atoms with Gasteiger partial charge in [-0.25, -0.2) is 0 Å². The molecule has 0 heterocycles. The lowest BCUT2D eigenvalue weighted by Crippen LogP contribution is -2.55. The minimum absolute atomic E-state index is 0. The van der Waals surface area contributed by atoms with Crippen molar-refractivity contribution in [2.75, 3.05) is 14.2 Å². The number of halogens is 1. The van der Waals surface area contributed by atoms with Crippen LogP contribution in [0.4, 0.5) is 0 Å². The number of nitrogens with two attached hydrogens (primary N) is 1. The van der Waals surface area contributed by atoms with Gasteiger partial charge >= 0.3 is 0 Å². The molecule has 1 atom stereocenters. The van der Waals surface area contributed by atoms with E-state index in [0.29, 0.717) is 0 Å². The largest absolute Gasteiger partial charge is 0.497 e. The number of ether oxygens (including phenoxy) is 2. The summed E-state index contributed by atoms with van der Waals surface area (Å²) in [4.78, 5) is 12.5. The first-order chi connectivity index (χ1) is 10.5. The second kappa shape index (κ2) is 8.41. The maximum absolute atomic E-state index is 12.5. The molecule has 1 aliphatic rings. The summed E-state index contributed by atoms with van der Waals surface area (Å²) in [6, 6.07) is 5.37. The lowest BCUT2D eigenvalue weighted by atomic mass is 9.81. The van der Waals surface area contributed by atoms with Crippen molar-refractivity contribution in [1.29, 1.82) is 0 Å². The molecule has 1 aliphatic carbocycles. The average Bonchev–Trinajstić information content (AvgIpc) is 2.54. The molecular formula is C17H27ClN2O3. The van der Waals surface area contributed by atoms with Crippen molar-refractivity contribution in [3.8, 4) is 11.5 Å². The summed E-state index contributed by atoms with van der Waals surface area (Å²) < 4.78 is 10.6. The summed E-state index contributed by atoms with van der Waals surface area (Å²) in [5.74, 6) is 1.38. The molecule has 1 amide bonds. The fraction of sp³-hybridized carbons (Fsp3) is 0.588. The van der Waals surface area contributed by atoms with Gasteiger partial charge in [-0.1, -0.05) is 19.3 Å². The number of benzene rings is 1. The van der Waals surface area contributed by atoms with E-state index in [9.17, 15) is 4.79 Å². The molecule has 0 aromatic heterocycles. The minimum Gasteiger partial charge on any atom is -0.497 e. The van der Waals surface area contributed by atoms with Gasteiger partial charge in [0.15, 0.2) is 0 Å². The van der Waals surface area contributed by atoms with E-state index >= 15 is 0 Å². The van der Waals surface area contributed by atoms with Gasteiger partial charge in [-0.15, -0.1) is 12.4 Å². The first-order valence-corrected chi connectivity index (χ1v) is 7.82. The van der Waals surface area contributed by atoms with E-state index in [-0.39, 0.29) is 24.4 Å². The van der Waals surface area contributed by atoms with Crippen molar-refractivity contribution in [3.05, 3.63) is 23.8 Å². The predicted octanol–water partition coefficient (Wildman–Crippen LogP) is 2.96. The van der Waals surface area contributed by atoms with Gasteiger partial charge in [-0.2, -0.15) is 0 Å². The first kappa shape index (κ1) is 19.6. The third kappa shape index (κ3) is 4.52. The number of hydrogen-bond donors (Lipinski definition) is 2. The minimum atomic E-state index is -0.737. The van der Waals surface area contributed by atoms with Crippen LogP contribution in [0.1, 0.15) is 50.6 Å². The van der Waals surface area contributed by atoms with Gasteiger partial charge in [-0.05, 0) is 38.0 Å². The predicted molar refractivity (Wildman–Crippen MR) is 93.4 cm³/mol. The lowest BCUT2D eigenvalue weighted by molar-refractivity contribution is -0.128. The fourth-order valence-corrected chi connectivity index (χ4v) is 3.01. The van der Waals surface area contributed by atoms with Crippen molar-refractivity contribution in [2.45, 2.75) is 50.6 Å². The molecule has 1 aromatic rings. The van der Waals surface area contributed by atoms with E-state index in [4.69, 9.17) is 15.2 Å². The molecule has 5 nitrogen and oxygen atoms in total. The quantitative estimate of drug-likeness (QED) is 0.862. The molecule has 2 rings (SSSR count). The summed E-state index contributed by atoms with van der Waals surface area (Å²) in [6.07, 6.45) is 4.69. The summed E-state index contributed by atoms with van der Waals surface area (Å²) >= 11 is 0. The van der Waals surface area contributed by atoms with Crippen LogP contribution >= 0.6 is 12.4 Å². The zero-order valence-electron chi connectivity index (χ0n) is 14.1. The van der Waals surface area contributed by atoms with E-state index in [1.54, 1.807) is 14.2 Å². The molecule has 6 heteroatoms. The Balaban J connectivity index is 0.00000264. The van der Waals surface area contributed by atoms with Crippen molar-refractivity contribution >= 4 is 18.3 Å². The number of carbonyl (C=O) groups is 1. The SMILES string of the molecule is COc1ccc(OC)c(C(C)NC(=O)C2(N)CCCCC2)c1.Cl. The highest BCUT2D eigenvalue weighted by atomic mass is 35.5. The van der Waals surface area contributed by atoms with Crippen LogP contribution in [0.2, 0.25) is 0 Å². The molecular weight excluding hydrogens is 316 g/mol. The lowest BCUT2D eigenvalue weighted by Gasteiger charge is -2.33. The van der Waals surface area contributed by atoms with Crippen LogP contribution in [0.3, 0.4) is 0 Å². The molecule has 23 heavy (non-hydrogen) atoms. The van der Waals surface area contributed by atoms with Crippen molar-refractivity contribution in [1.82, 2.24) is 5.32 Å². The van der Waals surface area contributed by atoms with Crippen LogP contribution in [-0.4, -0.2) is 25.7 Å². The topological polar surface area (TPSA) is 73.6 Å². The maximum atomic E-state index is 12.5. The van der Waals surface area contributed by atoms with Crippen LogP contribution < -0.4 is 20.5 Å². The van der Waals surface area contributed by atoms with E-state index in [2.05, 4.69) is 5.32 Å². The highest BCUT2D eigenvalue weighted by Gasteiger charge is 2.36. The van der Waals surface area contributed by atoms with Gasteiger partial charge in [0.1, 0.15) is 11.5 Å². The van der Waals surface area contributed by atoms with Gasteiger partial charge in [0, 0.05) is 5.56 Å². The molecule has 1 unspecified atom stereocenters. The highest BCUT2D eigenvalue weighted by Crippen LogP contribution is 2.31. The van der Waals surface area contributed by atoms with Crippen molar-refractivity contribution in [3.63, 3.8) is 0 Å². The monoisotopic (exact) mass is 342 g/mol. The van der Waals surface area contributed by atoms with Gasteiger partial charge < -0.3 is 20.5 Å². The Labute approximate surface area is 144 Å². The molecule has 0 spiro atoms. The number of rotatable bonds is 5. The molecule has 1 fully saturated rings. The van der Waals surface area contributed by atoms with Crippen LogP contribution in [0.25, 0.3) is 0 Å². The number of carbonyl (C=O) groups excluding carboxylic acids is 1. The van der Waals surface area contributed by atoms with Gasteiger partial charge in [0.2, 0.25) is 5.91 Å². The Bertz CT molecular complexity index is 531. The molecule has 0 radical (unpaired) electrons. The number of hydrogen-bond acceptors (Lipinski definition) is 4. The Hall–Kier alpha value is -1.46. The van der Waals surface area contributed by atoms with Gasteiger partial charge in [0.25, 0.3) is 0 Å². The summed E-state index contributed by atoms with van der Waals surface area (Å²) in [7, 11) is 3.23. The Kier molecular flexibility index (Phi) is 7.16. The summed E-state index contributed by atoms with van der Waals surface area (Å²) in [6.45, 7) is 1.93. The fourth-order valence-electron chi connectivity index (χ4n) is 3.01. The Morgan fingerprint density at radius 2 is 1.87 bits per heavy atom. The molecule has 130 valence electrons. The van der Waals surface area contributed by atoms with Crippen LogP contribution in [0.15, 0.2) is 18.2 Å². The summed E-state index contributed by atoms with van der Waals surface area (Å²) in [5.41, 5.74) is 6.43. The molecule has 0 bridgehead atoms. The maximum Gasteiger partial charge on any atom is 0.240 e. The van der Waals surface area contributed by atoms with Crippen LogP contribution in [0.5, 0.6) is 11.5 Å². The molecule has 0 aliphatic heterocycles. The van der Waals surface area contributed by atoms with Gasteiger partial charge in [-0.3, -0.25) is 4.79 Å². The van der Waals surface area contributed by atoms with Gasteiger partial charge in [0.05, 0.1) is 25.8 Å². The van der Waals surface area contributed by atoms with E-state index < -0.39 is 5.54 Å².